The zero-order valence-corrected chi connectivity index (χ0v) is 16.4. The second kappa shape index (κ2) is 8.99. The number of thiazole rings is 1. The van der Waals surface area contributed by atoms with Crippen LogP contribution >= 0.6 is 34.5 Å². The molecule has 0 unspecified atom stereocenters. The van der Waals surface area contributed by atoms with Crippen molar-refractivity contribution in [1.29, 1.82) is 0 Å². The van der Waals surface area contributed by atoms with Gasteiger partial charge in [0.05, 0.1) is 28.6 Å². The van der Waals surface area contributed by atoms with Crippen molar-refractivity contribution >= 4 is 57.2 Å². The normalized spacial score (nSPS) is 10.4. The second-order valence-corrected chi connectivity index (χ2v) is 7.38. The Bertz CT molecular complexity index is 961. The zero-order chi connectivity index (χ0) is 19.2. The van der Waals surface area contributed by atoms with Crippen LogP contribution in [0, 0.1) is 0 Å². The lowest BCUT2D eigenvalue weighted by atomic mass is 10.1. The van der Waals surface area contributed by atoms with Crippen molar-refractivity contribution < 1.29 is 9.59 Å². The Morgan fingerprint density at radius 2 is 1.67 bits per heavy atom. The third-order valence-electron chi connectivity index (χ3n) is 3.55. The van der Waals surface area contributed by atoms with E-state index in [1.807, 2.05) is 30.3 Å². The molecule has 2 N–H and O–H groups in total. The number of hydrogen-bond acceptors (Lipinski definition) is 4. The summed E-state index contributed by atoms with van der Waals surface area (Å²) in [6.07, 6.45) is 0.360. The summed E-state index contributed by atoms with van der Waals surface area (Å²) in [6.45, 7) is 0. The number of carbonyl (C=O) groups is 2. The first-order valence-corrected chi connectivity index (χ1v) is 9.66. The molecule has 0 bridgehead atoms. The highest BCUT2D eigenvalue weighted by atomic mass is 35.5. The predicted octanol–water partition coefficient (Wildman–Crippen LogP) is 4.81. The molecule has 27 heavy (non-hydrogen) atoms. The Morgan fingerprint density at radius 3 is 2.41 bits per heavy atom. The molecule has 2 aromatic carbocycles. The number of halogens is 2. The van der Waals surface area contributed by atoms with Gasteiger partial charge in [-0.15, -0.1) is 11.3 Å². The lowest BCUT2D eigenvalue weighted by molar-refractivity contribution is -0.116. The molecule has 3 rings (SSSR count). The highest BCUT2D eigenvalue weighted by molar-refractivity contribution is 7.13. The maximum atomic E-state index is 12.1. The van der Waals surface area contributed by atoms with Gasteiger partial charge < -0.3 is 10.6 Å². The summed E-state index contributed by atoms with van der Waals surface area (Å²) in [5.74, 6) is -0.386. The molecule has 3 aromatic rings. The molecular weight excluding hydrogens is 405 g/mol. The molecule has 0 radical (unpaired) electrons. The van der Waals surface area contributed by atoms with Crippen LogP contribution < -0.4 is 10.6 Å². The molecule has 0 atom stereocenters. The van der Waals surface area contributed by atoms with Crippen molar-refractivity contribution in [2.45, 2.75) is 12.8 Å². The van der Waals surface area contributed by atoms with Crippen molar-refractivity contribution in [3.63, 3.8) is 0 Å². The van der Waals surface area contributed by atoms with E-state index in [1.54, 1.807) is 23.6 Å². The van der Waals surface area contributed by atoms with Crippen molar-refractivity contribution in [2.24, 2.45) is 0 Å². The Morgan fingerprint density at radius 1 is 0.926 bits per heavy atom. The Balaban J connectivity index is 1.53. The van der Waals surface area contributed by atoms with E-state index in [2.05, 4.69) is 15.6 Å². The fourth-order valence-electron chi connectivity index (χ4n) is 2.33. The Kier molecular flexibility index (Phi) is 6.45. The minimum atomic E-state index is -0.235. The number of amides is 2. The summed E-state index contributed by atoms with van der Waals surface area (Å²) in [5, 5.41) is 8.49. The highest BCUT2D eigenvalue weighted by Crippen LogP contribution is 2.25. The number of hydrogen-bond donors (Lipinski definition) is 2. The van der Waals surface area contributed by atoms with E-state index in [0.717, 1.165) is 5.56 Å². The van der Waals surface area contributed by atoms with Crippen molar-refractivity contribution in [1.82, 2.24) is 4.98 Å². The van der Waals surface area contributed by atoms with Crippen LogP contribution in [0.3, 0.4) is 0 Å². The Hall–Kier alpha value is -2.41. The van der Waals surface area contributed by atoms with Gasteiger partial charge in [0, 0.05) is 11.1 Å². The van der Waals surface area contributed by atoms with Crippen LogP contribution in [0.5, 0.6) is 0 Å². The maximum absolute atomic E-state index is 12.1. The van der Waals surface area contributed by atoms with Gasteiger partial charge in [-0.25, -0.2) is 4.98 Å². The quantitative estimate of drug-likeness (QED) is 0.601. The number of anilines is 2. The molecule has 2 amide bonds. The maximum Gasteiger partial charge on any atom is 0.230 e. The molecule has 5 nitrogen and oxygen atoms in total. The number of rotatable bonds is 6. The van der Waals surface area contributed by atoms with E-state index in [1.165, 1.54) is 11.3 Å². The van der Waals surface area contributed by atoms with E-state index >= 15 is 0 Å². The van der Waals surface area contributed by atoms with Gasteiger partial charge in [0.25, 0.3) is 0 Å². The number of nitrogens with zero attached hydrogens (tertiary/aromatic N) is 1. The van der Waals surface area contributed by atoms with Crippen LogP contribution in [0.4, 0.5) is 10.8 Å². The molecule has 8 heteroatoms. The summed E-state index contributed by atoms with van der Waals surface area (Å²) in [5.41, 5.74) is 2.06. The van der Waals surface area contributed by atoms with Crippen LogP contribution in [0.25, 0.3) is 0 Å². The molecule has 0 saturated carbocycles. The van der Waals surface area contributed by atoms with E-state index in [4.69, 9.17) is 23.2 Å². The summed E-state index contributed by atoms with van der Waals surface area (Å²) in [7, 11) is 0. The predicted molar refractivity (Wildman–Crippen MR) is 110 cm³/mol. The summed E-state index contributed by atoms with van der Waals surface area (Å²) >= 11 is 13.1. The van der Waals surface area contributed by atoms with Crippen LogP contribution in [-0.4, -0.2) is 16.8 Å². The third-order valence-corrected chi connectivity index (χ3v) is 5.10. The van der Waals surface area contributed by atoms with Gasteiger partial charge in [-0.3, -0.25) is 9.59 Å². The standard InChI is InChI=1S/C19H15Cl2N3O2S/c20-15-7-6-13(9-16(15)21)22-18(26)10-14-11-27-19(23-14)24-17(25)8-12-4-2-1-3-5-12/h1-7,9,11H,8,10H2,(H,22,26)(H,23,24,25). The minimum absolute atomic E-state index is 0.0886. The molecule has 138 valence electrons. The highest BCUT2D eigenvalue weighted by Gasteiger charge is 2.11. The zero-order valence-electron chi connectivity index (χ0n) is 14.0. The van der Waals surface area contributed by atoms with Crippen molar-refractivity contribution in [3.05, 3.63) is 75.2 Å². The minimum Gasteiger partial charge on any atom is -0.326 e. The number of nitrogens with one attached hydrogen (secondary N) is 2. The fraction of sp³-hybridized carbons (Fsp3) is 0.105. The van der Waals surface area contributed by atoms with Gasteiger partial charge in [0.15, 0.2) is 5.13 Å². The molecule has 0 spiro atoms. The number of carbonyl (C=O) groups excluding carboxylic acids is 2. The molecule has 0 fully saturated rings. The monoisotopic (exact) mass is 419 g/mol. The van der Waals surface area contributed by atoms with Crippen LogP contribution in [0.2, 0.25) is 10.0 Å². The summed E-state index contributed by atoms with van der Waals surface area (Å²) in [4.78, 5) is 28.5. The van der Waals surface area contributed by atoms with Crippen LogP contribution in [0.15, 0.2) is 53.9 Å². The summed E-state index contributed by atoms with van der Waals surface area (Å²) in [6, 6.07) is 14.3. The van der Waals surface area contributed by atoms with E-state index in [9.17, 15) is 9.59 Å². The second-order valence-electron chi connectivity index (χ2n) is 5.71. The van der Waals surface area contributed by atoms with Crippen molar-refractivity contribution in [3.8, 4) is 0 Å². The van der Waals surface area contributed by atoms with Gasteiger partial charge in [-0.05, 0) is 23.8 Å². The van der Waals surface area contributed by atoms with Gasteiger partial charge >= 0.3 is 0 Å². The molecule has 1 heterocycles. The average Bonchev–Trinajstić information content (AvgIpc) is 3.05. The van der Waals surface area contributed by atoms with Crippen LogP contribution in [-0.2, 0) is 22.4 Å². The van der Waals surface area contributed by atoms with Crippen LogP contribution in [0.1, 0.15) is 11.3 Å². The summed E-state index contributed by atoms with van der Waals surface area (Å²) < 4.78 is 0. The van der Waals surface area contributed by atoms with Gasteiger partial charge in [-0.2, -0.15) is 0 Å². The lowest BCUT2D eigenvalue weighted by Gasteiger charge is -2.05. The van der Waals surface area contributed by atoms with E-state index in [0.29, 0.717) is 26.6 Å². The van der Waals surface area contributed by atoms with Crippen molar-refractivity contribution in [2.75, 3.05) is 10.6 Å². The Labute approximate surface area is 170 Å². The average molecular weight is 420 g/mol. The first-order valence-electron chi connectivity index (χ1n) is 8.02. The topological polar surface area (TPSA) is 71.1 Å². The first-order chi connectivity index (χ1) is 13.0. The fourth-order valence-corrected chi connectivity index (χ4v) is 3.36. The van der Waals surface area contributed by atoms with Gasteiger partial charge in [0.2, 0.25) is 11.8 Å². The first kappa shape index (κ1) is 19.4. The van der Waals surface area contributed by atoms with Gasteiger partial charge in [0.1, 0.15) is 0 Å². The number of aromatic nitrogens is 1. The molecule has 0 aliphatic rings. The van der Waals surface area contributed by atoms with E-state index < -0.39 is 0 Å². The molecular formula is C19H15Cl2N3O2S. The SMILES string of the molecule is O=C(Cc1csc(NC(=O)Cc2ccccc2)n1)Nc1ccc(Cl)c(Cl)c1. The van der Waals surface area contributed by atoms with Gasteiger partial charge in [-0.1, -0.05) is 53.5 Å². The number of benzene rings is 2. The molecule has 0 saturated heterocycles. The smallest absolute Gasteiger partial charge is 0.230 e. The lowest BCUT2D eigenvalue weighted by Crippen LogP contribution is -2.16. The molecule has 0 aliphatic heterocycles. The third kappa shape index (κ3) is 5.79. The molecule has 0 aliphatic carbocycles. The van der Waals surface area contributed by atoms with E-state index in [-0.39, 0.29) is 24.7 Å². The largest absolute Gasteiger partial charge is 0.326 e. The molecule has 1 aromatic heterocycles.